The number of hydrogen-bond acceptors (Lipinski definition) is 3. The van der Waals surface area contributed by atoms with Crippen LogP contribution in [-0.4, -0.2) is 46.8 Å². The molecule has 1 aliphatic carbocycles. The van der Waals surface area contributed by atoms with E-state index in [9.17, 15) is 4.79 Å². The topological polar surface area (TPSA) is 42.1 Å². The highest BCUT2D eigenvalue weighted by Gasteiger charge is 2.76. The Bertz CT molecular complexity index is 484. The van der Waals surface area contributed by atoms with Gasteiger partial charge >= 0.3 is 0 Å². The van der Waals surface area contributed by atoms with E-state index in [1.54, 1.807) is 6.92 Å². The number of fused-ring (bicyclic) bond motifs is 3. The molecule has 1 saturated carbocycles. The van der Waals surface area contributed by atoms with Crippen molar-refractivity contribution in [2.24, 2.45) is 5.92 Å². The SMILES string of the molecule is CC(=O)N1C[C@@]23O[C@@H](C[C@H]2CC12CCCCCC2)C1OC13. The molecule has 0 aromatic carbocycles. The van der Waals surface area contributed by atoms with Crippen LogP contribution in [0.4, 0.5) is 0 Å². The number of nitrogens with zero attached hydrogens (tertiary/aromatic N) is 1. The minimum absolute atomic E-state index is 0.122. The Labute approximate surface area is 126 Å². The monoisotopic (exact) mass is 291 g/mol. The molecule has 0 aromatic rings. The molecule has 0 N–H and O–H groups in total. The smallest absolute Gasteiger partial charge is 0.220 e. The molecular weight excluding hydrogens is 266 g/mol. The van der Waals surface area contributed by atoms with Gasteiger partial charge in [0.25, 0.3) is 0 Å². The number of carbonyl (C=O) groups excluding carboxylic acids is 1. The molecule has 2 bridgehead atoms. The summed E-state index contributed by atoms with van der Waals surface area (Å²) >= 11 is 0. The second kappa shape index (κ2) is 4.02. The van der Waals surface area contributed by atoms with Crippen molar-refractivity contribution in [3.8, 4) is 0 Å². The van der Waals surface area contributed by atoms with Gasteiger partial charge in [0.05, 0.1) is 12.6 Å². The second-order valence-corrected chi connectivity index (χ2v) is 8.01. The average molecular weight is 291 g/mol. The fourth-order valence-corrected chi connectivity index (χ4v) is 6.01. The highest BCUT2D eigenvalue weighted by atomic mass is 16.7. The minimum atomic E-state index is -0.154. The molecule has 4 saturated heterocycles. The van der Waals surface area contributed by atoms with Gasteiger partial charge in [0.15, 0.2) is 0 Å². The fraction of sp³-hybridized carbons (Fsp3) is 0.941. The number of hydrogen-bond donors (Lipinski definition) is 0. The van der Waals surface area contributed by atoms with Gasteiger partial charge in [0.2, 0.25) is 5.91 Å². The summed E-state index contributed by atoms with van der Waals surface area (Å²) in [6, 6.07) is 0. The molecule has 2 unspecified atom stereocenters. The highest BCUT2D eigenvalue weighted by molar-refractivity contribution is 5.74. The Kier molecular flexibility index (Phi) is 2.47. The molecule has 5 atom stereocenters. The molecule has 4 heteroatoms. The first-order valence-corrected chi connectivity index (χ1v) is 8.76. The fourth-order valence-electron chi connectivity index (χ4n) is 6.01. The van der Waals surface area contributed by atoms with Crippen molar-refractivity contribution < 1.29 is 14.3 Å². The van der Waals surface area contributed by atoms with Gasteiger partial charge in [-0.15, -0.1) is 0 Å². The third-order valence-electron chi connectivity index (χ3n) is 6.97. The van der Waals surface area contributed by atoms with Crippen molar-refractivity contribution >= 4 is 5.91 Å². The van der Waals surface area contributed by atoms with Crippen LogP contribution in [0.25, 0.3) is 0 Å². The number of ether oxygens (including phenoxy) is 2. The molecule has 2 spiro atoms. The van der Waals surface area contributed by atoms with Crippen LogP contribution in [0.5, 0.6) is 0 Å². The summed E-state index contributed by atoms with van der Waals surface area (Å²) in [7, 11) is 0. The zero-order valence-electron chi connectivity index (χ0n) is 12.8. The van der Waals surface area contributed by atoms with E-state index in [2.05, 4.69) is 4.90 Å². The first kappa shape index (κ1) is 12.9. The molecule has 116 valence electrons. The average Bonchev–Trinajstić information content (AvgIpc) is 3.17. The van der Waals surface area contributed by atoms with Gasteiger partial charge in [-0.2, -0.15) is 0 Å². The molecule has 5 fully saturated rings. The second-order valence-electron chi connectivity index (χ2n) is 8.01. The summed E-state index contributed by atoms with van der Waals surface area (Å²) in [5, 5.41) is 0. The van der Waals surface area contributed by atoms with Crippen LogP contribution in [0.3, 0.4) is 0 Å². The number of epoxide rings is 1. The number of rotatable bonds is 0. The Morgan fingerprint density at radius 3 is 2.62 bits per heavy atom. The van der Waals surface area contributed by atoms with Crippen LogP contribution >= 0.6 is 0 Å². The zero-order valence-corrected chi connectivity index (χ0v) is 12.8. The quantitative estimate of drug-likeness (QED) is 0.643. The van der Waals surface area contributed by atoms with E-state index < -0.39 is 0 Å². The van der Waals surface area contributed by atoms with Gasteiger partial charge in [0.1, 0.15) is 17.8 Å². The largest absolute Gasteiger partial charge is 0.364 e. The first-order valence-electron chi connectivity index (χ1n) is 8.76. The Hall–Kier alpha value is -0.610. The van der Waals surface area contributed by atoms with Crippen molar-refractivity contribution in [1.29, 1.82) is 0 Å². The van der Waals surface area contributed by atoms with E-state index in [4.69, 9.17) is 9.47 Å². The molecule has 1 amide bonds. The summed E-state index contributed by atoms with van der Waals surface area (Å²) in [5.74, 6) is 0.848. The van der Waals surface area contributed by atoms with Gasteiger partial charge in [-0.25, -0.2) is 0 Å². The van der Waals surface area contributed by atoms with E-state index in [0.717, 1.165) is 19.4 Å². The lowest BCUT2D eigenvalue weighted by atomic mass is 9.65. The number of piperidine rings is 1. The third kappa shape index (κ3) is 1.56. The van der Waals surface area contributed by atoms with Crippen LogP contribution in [0.1, 0.15) is 58.3 Å². The molecule has 4 aliphatic heterocycles. The van der Waals surface area contributed by atoms with Crippen LogP contribution in [-0.2, 0) is 14.3 Å². The van der Waals surface area contributed by atoms with E-state index in [0.29, 0.717) is 18.1 Å². The molecule has 0 aromatic heterocycles. The van der Waals surface area contributed by atoms with Crippen molar-refractivity contribution in [2.75, 3.05) is 6.54 Å². The summed E-state index contributed by atoms with van der Waals surface area (Å²) in [5.41, 5.74) is -0.0327. The lowest BCUT2D eigenvalue weighted by Gasteiger charge is -2.54. The molecule has 4 nitrogen and oxygen atoms in total. The standard InChI is InChI=1S/C17H25NO3/c1-11(19)18-10-17-12(8-13(21-17)14-15(17)20-14)9-16(18)6-4-2-3-5-7-16/h12-15H,2-10H2,1H3/t12-,13-,14?,15?,17+/m0/s1. The van der Waals surface area contributed by atoms with Crippen molar-refractivity contribution in [1.82, 2.24) is 4.90 Å². The van der Waals surface area contributed by atoms with Crippen LogP contribution in [0, 0.1) is 5.92 Å². The zero-order chi connectivity index (χ0) is 14.2. The summed E-state index contributed by atoms with van der Waals surface area (Å²) in [4.78, 5) is 14.6. The third-order valence-corrected chi connectivity index (χ3v) is 6.97. The summed E-state index contributed by atoms with van der Waals surface area (Å²) < 4.78 is 12.2. The van der Waals surface area contributed by atoms with Crippen LogP contribution in [0.15, 0.2) is 0 Å². The van der Waals surface area contributed by atoms with Crippen LogP contribution < -0.4 is 0 Å². The highest BCUT2D eigenvalue weighted by Crippen LogP contribution is 2.63. The number of amides is 1. The maximum absolute atomic E-state index is 12.4. The lowest BCUT2D eigenvalue weighted by Crippen LogP contribution is -2.65. The predicted molar refractivity (Wildman–Crippen MR) is 76.8 cm³/mol. The maximum Gasteiger partial charge on any atom is 0.220 e. The van der Waals surface area contributed by atoms with Crippen molar-refractivity contribution in [3.63, 3.8) is 0 Å². The number of carbonyl (C=O) groups is 1. The summed E-state index contributed by atoms with van der Waals surface area (Å²) in [6.07, 6.45) is 10.8. The number of likely N-dealkylation sites (tertiary alicyclic amines) is 1. The minimum Gasteiger partial charge on any atom is -0.364 e. The molecule has 0 radical (unpaired) electrons. The molecule has 5 aliphatic rings. The van der Waals surface area contributed by atoms with Crippen molar-refractivity contribution in [2.45, 2.75) is 87.7 Å². The van der Waals surface area contributed by atoms with Crippen LogP contribution in [0.2, 0.25) is 0 Å². The normalized spacial score (nSPS) is 49.7. The maximum atomic E-state index is 12.4. The van der Waals surface area contributed by atoms with Gasteiger partial charge in [-0.3, -0.25) is 4.79 Å². The molecular formula is C17H25NO3. The molecule has 21 heavy (non-hydrogen) atoms. The van der Waals surface area contributed by atoms with E-state index in [-0.39, 0.29) is 23.2 Å². The Morgan fingerprint density at radius 2 is 1.95 bits per heavy atom. The van der Waals surface area contributed by atoms with Gasteiger partial charge in [-0.05, 0) is 31.6 Å². The van der Waals surface area contributed by atoms with Gasteiger partial charge < -0.3 is 14.4 Å². The van der Waals surface area contributed by atoms with Crippen molar-refractivity contribution in [3.05, 3.63) is 0 Å². The first-order chi connectivity index (χ1) is 10.1. The molecule has 4 heterocycles. The Balaban J connectivity index is 1.51. The van der Waals surface area contributed by atoms with Gasteiger partial charge in [0, 0.05) is 12.5 Å². The molecule has 5 rings (SSSR count). The van der Waals surface area contributed by atoms with E-state index >= 15 is 0 Å². The summed E-state index contributed by atoms with van der Waals surface area (Å²) in [6.45, 7) is 2.53. The van der Waals surface area contributed by atoms with E-state index in [1.807, 2.05) is 0 Å². The van der Waals surface area contributed by atoms with Gasteiger partial charge in [-0.1, -0.05) is 25.7 Å². The lowest BCUT2D eigenvalue weighted by molar-refractivity contribution is -0.164. The van der Waals surface area contributed by atoms with E-state index in [1.165, 1.54) is 38.5 Å². The predicted octanol–water partition coefficient (Wildman–Crippen LogP) is 2.26. The Morgan fingerprint density at radius 1 is 1.19 bits per heavy atom.